The first-order valence-corrected chi connectivity index (χ1v) is 8.16. The van der Waals surface area contributed by atoms with Crippen LogP contribution in [0.5, 0.6) is 0 Å². The summed E-state index contributed by atoms with van der Waals surface area (Å²) >= 11 is 17.8. The van der Waals surface area contributed by atoms with Crippen LogP contribution in [0.4, 0.5) is 5.69 Å². The van der Waals surface area contributed by atoms with Gasteiger partial charge >= 0.3 is 0 Å². The lowest BCUT2D eigenvalue weighted by atomic mass is 10.2. The molecule has 0 heterocycles. The summed E-state index contributed by atoms with van der Waals surface area (Å²) in [5.74, 6) is -0.290. The lowest BCUT2D eigenvalue weighted by molar-refractivity contribution is 0.0977. The molecule has 0 radical (unpaired) electrons. The summed E-state index contributed by atoms with van der Waals surface area (Å²) in [4.78, 5) is 12.0. The van der Waals surface area contributed by atoms with E-state index in [4.69, 9.17) is 23.8 Å². The number of hydrogen-bond acceptors (Lipinski definition) is 2. The number of amides is 1. The standard InChI is InChI=1S/C14H9Br2ClN2OS/c15-9-3-1-2-8(6-9)13(20)19-14(21)18-12-5-4-10(16)7-11(12)17/h1-7H,(H2,18,19,20,21). The third-order valence-electron chi connectivity index (χ3n) is 2.49. The predicted octanol–water partition coefficient (Wildman–Crippen LogP) is 4.99. The molecule has 0 fully saturated rings. The summed E-state index contributed by atoms with van der Waals surface area (Å²) in [7, 11) is 0. The highest BCUT2D eigenvalue weighted by Gasteiger charge is 2.09. The van der Waals surface area contributed by atoms with Crippen molar-refractivity contribution in [2.75, 3.05) is 5.32 Å². The Morgan fingerprint density at radius 3 is 2.48 bits per heavy atom. The zero-order chi connectivity index (χ0) is 15.4. The number of hydrogen-bond donors (Lipinski definition) is 2. The van der Waals surface area contributed by atoms with Crippen molar-refractivity contribution >= 4 is 72.4 Å². The maximum absolute atomic E-state index is 12.0. The van der Waals surface area contributed by atoms with Crippen molar-refractivity contribution in [2.45, 2.75) is 0 Å². The van der Waals surface area contributed by atoms with Gasteiger partial charge in [-0.3, -0.25) is 10.1 Å². The van der Waals surface area contributed by atoms with Crippen LogP contribution in [0.25, 0.3) is 0 Å². The van der Waals surface area contributed by atoms with E-state index in [0.29, 0.717) is 16.3 Å². The molecule has 0 unspecified atom stereocenters. The molecule has 1 amide bonds. The molecule has 0 aliphatic heterocycles. The van der Waals surface area contributed by atoms with Gasteiger partial charge in [0.05, 0.1) is 10.7 Å². The fourth-order valence-corrected chi connectivity index (χ4v) is 2.87. The SMILES string of the molecule is O=C(NC(=S)Nc1ccc(Br)cc1Cl)c1cccc(Br)c1. The summed E-state index contributed by atoms with van der Waals surface area (Å²) in [5.41, 5.74) is 1.13. The molecule has 0 spiro atoms. The van der Waals surface area contributed by atoms with E-state index in [1.54, 1.807) is 30.3 Å². The number of rotatable bonds is 2. The Balaban J connectivity index is 2.03. The van der Waals surface area contributed by atoms with Gasteiger partial charge in [-0.25, -0.2) is 0 Å². The number of thiocarbonyl (C=S) groups is 1. The van der Waals surface area contributed by atoms with E-state index in [0.717, 1.165) is 8.95 Å². The average molecular weight is 449 g/mol. The second kappa shape index (κ2) is 7.35. The third kappa shape index (κ3) is 4.78. The van der Waals surface area contributed by atoms with E-state index in [2.05, 4.69) is 42.5 Å². The molecule has 2 aromatic rings. The molecule has 108 valence electrons. The van der Waals surface area contributed by atoms with Crippen molar-refractivity contribution in [3.8, 4) is 0 Å². The van der Waals surface area contributed by atoms with Crippen molar-refractivity contribution in [1.29, 1.82) is 0 Å². The molecule has 0 aliphatic carbocycles. The van der Waals surface area contributed by atoms with Crippen molar-refractivity contribution < 1.29 is 4.79 Å². The highest BCUT2D eigenvalue weighted by molar-refractivity contribution is 9.10. The second-order valence-electron chi connectivity index (χ2n) is 4.04. The summed E-state index contributed by atoms with van der Waals surface area (Å²) < 4.78 is 1.69. The minimum atomic E-state index is -0.290. The maximum Gasteiger partial charge on any atom is 0.257 e. The number of halogens is 3. The predicted molar refractivity (Wildman–Crippen MR) is 97.0 cm³/mol. The Morgan fingerprint density at radius 2 is 1.81 bits per heavy atom. The Kier molecular flexibility index (Phi) is 5.75. The molecular weight excluding hydrogens is 439 g/mol. The Hall–Kier alpha value is -0.950. The molecule has 0 aliphatic rings. The van der Waals surface area contributed by atoms with Gasteiger partial charge in [0.15, 0.2) is 5.11 Å². The van der Waals surface area contributed by atoms with Crippen LogP contribution in [0.1, 0.15) is 10.4 Å². The number of carbonyl (C=O) groups excluding carboxylic acids is 1. The van der Waals surface area contributed by atoms with Gasteiger partial charge in [0.1, 0.15) is 0 Å². The van der Waals surface area contributed by atoms with Crippen LogP contribution in [-0.2, 0) is 0 Å². The van der Waals surface area contributed by atoms with Crippen LogP contribution in [0.2, 0.25) is 5.02 Å². The van der Waals surface area contributed by atoms with Gasteiger partial charge in [-0.05, 0) is 48.6 Å². The summed E-state index contributed by atoms with van der Waals surface area (Å²) in [6, 6.07) is 12.4. The van der Waals surface area contributed by atoms with Crippen molar-refractivity contribution in [3.05, 3.63) is 62.0 Å². The van der Waals surface area contributed by atoms with Crippen LogP contribution >= 0.6 is 55.7 Å². The minimum Gasteiger partial charge on any atom is -0.331 e. The molecule has 0 saturated carbocycles. The summed E-state index contributed by atoms with van der Waals surface area (Å²) in [6.45, 7) is 0. The quantitative estimate of drug-likeness (QED) is 0.636. The van der Waals surface area contributed by atoms with Crippen LogP contribution in [0, 0.1) is 0 Å². The maximum atomic E-state index is 12.0. The number of nitrogens with one attached hydrogen (secondary N) is 2. The number of carbonyl (C=O) groups is 1. The van der Waals surface area contributed by atoms with E-state index in [1.807, 2.05) is 12.1 Å². The zero-order valence-corrected chi connectivity index (χ0v) is 15.2. The fraction of sp³-hybridized carbons (Fsp3) is 0. The van der Waals surface area contributed by atoms with Crippen LogP contribution in [0.15, 0.2) is 51.4 Å². The van der Waals surface area contributed by atoms with Crippen molar-refractivity contribution in [2.24, 2.45) is 0 Å². The molecule has 0 bridgehead atoms. The first-order valence-electron chi connectivity index (χ1n) is 5.78. The average Bonchev–Trinajstić information content (AvgIpc) is 2.42. The molecule has 2 aromatic carbocycles. The minimum absolute atomic E-state index is 0.184. The zero-order valence-electron chi connectivity index (χ0n) is 10.5. The Labute approximate surface area is 149 Å². The first-order chi connectivity index (χ1) is 9.95. The largest absolute Gasteiger partial charge is 0.331 e. The van der Waals surface area contributed by atoms with Gasteiger partial charge in [-0.1, -0.05) is 49.5 Å². The molecule has 21 heavy (non-hydrogen) atoms. The molecular formula is C14H9Br2ClN2OS. The summed E-state index contributed by atoms with van der Waals surface area (Å²) in [6.07, 6.45) is 0. The lowest BCUT2D eigenvalue weighted by Gasteiger charge is -2.11. The molecule has 0 aromatic heterocycles. The second-order valence-corrected chi connectivity index (χ2v) is 6.69. The van der Waals surface area contributed by atoms with Gasteiger partial charge in [0, 0.05) is 14.5 Å². The monoisotopic (exact) mass is 446 g/mol. The van der Waals surface area contributed by atoms with Crippen molar-refractivity contribution in [3.63, 3.8) is 0 Å². The smallest absolute Gasteiger partial charge is 0.257 e. The Bertz CT molecular complexity index is 709. The van der Waals surface area contributed by atoms with Gasteiger partial charge in [-0.15, -0.1) is 0 Å². The van der Waals surface area contributed by atoms with Gasteiger partial charge < -0.3 is 5.32 Å². The summed E-state index contributed by atoms with van der Waals surface area (Å²) in [5, 5.41) is 6.18. The third-order valence-corrected chi connectivity index (χ3v) is 4.00. The molecule has 0 atom stereocenters. The van der Waals surface area contributed by atoms with Gasteiger partial charge in [-0.2, -0.15) is 0 Å². The van der Waals surface area contributed by atoms with Crippen LogP contribution in [0.3, 0.4) is 0 Å². The van der Waals surface area contributed by atoms with E-state index in [-0.39, 0.29) is 11.0 Å². The Morgan fingerprint density at radius 1 is 1.10 bits per heavy atom. The lowest BCUT2D eigenvalue weighted by Crippen LogP contribution is -2.34. The number of benzene rings is 2. The molecule has 2 rings (SSSR count). The molecule has 3 nitrogen and oxygen atoms in total. The van der Waals surface area contributed by atoms with E-state index in [9.17, 15) is 4.79 Å². The van der Waals surface area contributed by atoms with Crippen LogP contribution < -0.4 is 10.6 Å². The van der Waals surface area contributed by atoms with E-state index < -0.39 is 0 Å². The normalized spacial score (nSPS) is 10.0. The van der Waals surface area contributed by atoms with E-state index >= 15 is 0 Å². The molecule has 0 saturated heterocycles. The molecule has 2 N–H and O–H groups in total. The number of anilines is 1. The topological polar surface area (TPSA) is 41.1 Å². The van der Waals surface area contributed by atoms with Gasteiger partial charge in [0.25, 0.3) is 5.91 Å². The van der Waals surface area contributed by atoms with E-state index in [1.165, 1.54) is 0 Å². The molecule has 7 heteroatoms. The highest BCUT2D eigenvalue weighted by Crippen LogP contribution is 2.25. The van der Waals surface area contributed by atoms with Gasteiger partial charge in [0.2, 0.25) is 0 Å². The van der Waals surface area contributed by atoms with Crippen LogP contribution in [-0.4, -0.2) is 11.0 Å². The van der Waals surface area contributed by atoms with Crippen molar-refractivity contribution in [1.82, 2.24) is 5.32 Å². The fourth-order valence-electron chi connectivity index (χ4n) is 1.55. The first kappa shape index (κ1) is 16.4. The highest BCUT2D eigenvalue weighted by atomic mass is 79.9.